The fourth-order valence-electron chi connectivity index (χ4n) is 4.04. The second-order valence-corrected chi connectivity index (χ2v) is 8.88. The van der Waals surface area contributed by atoms with E-state index in [0.29, 0.717) is 41.8 Å². The molecule has 0 spiro atoms. The van der Waals surface area contributed by atoms with Crippen molar-refractivity contribution in [3.05, 3.63) is 97.9 Å². The van der Waals surface area contributed by atoms with Gasteiger partial charge in [-0.2, -0.15) is 0 Å². The molecule has 9 heteroatoms. The molecule has 0 amide bonds. The van der Waals surface area contributed by atoms with Crippen LogP contribution in [0.1, 0.15) is 21.6 Å². The Hall–Kier alpha value is -3.04. The molecule has 0 radical (unpaired) electrons. The molecule has 4 nitrogen and oxygen atoms in total. The second-order valence-electron chi connectivity index (χ2n) is 7.79. The van der Waals surface area contributed by atoms with Gasteiger partial charge in [-0.1, -0.05) is 12.1 Å². The van der Waals surface area contributed by atoms with Crippen LogP contribution in [0, 0.1) is 23.3 Å². The smallest absolute Gasteiger partial charge is 0.262 e. The van der Waals surface area contributed by atoms with E-state index < -0.39 is 23.3 Å². The molecule has 2 aromatic carbocycles. The Labute approximate surface area is 184 Å². The van der Waals surface area contributed by atoms with E-state index in [1.165, 1.54) is 40.4 Å². The van der Waals surface area contributed by atoms with Gasteiger partial charge in [0.1, 0.15) is 28.1 Å². The first-order valence-corrected chi connectivity index (χ1v) is 10.8. The van der Waals surface area contributed by atoms with Crippen molar-refractivity contribution in [1.29, 1.82) is 0 Å². The number of thiophene rings is 1. The Morgan fingerprint density at radius 1 is 0.938 bits per heavy atom. The number of fused-ring (bicyclic) bond motifs is 3. The number of halogens is 4. The number of nitrogens with zero attached hydrogens (tertiary/aromatic N) is 3. The molecule has 0 saturated heterocycles. The van der Waals surface area contributed by atoms with E-state index in [9.17, 15) is 22.4 Å². The molecule has 4 aromatic rings. The van der Waals surface area contributed by atoms with Gasteiger partial charge in [0.05, 0.1) is 18.3 Å². The molecule has 0 aliphatic carbocycles. The van der Waals surface area contributed by atoms with Crippen molar-refractivity contribution in [1.82, 2.24) is 14.5 Å². The second kappa shape index (κ2) is 8.14. The van der Waals surface area contributed by atoms with Crippen LogP contribution < -0.4 is 5.56 Å². The van der Waals surface area contributed by atoms with Gasteiger partial charge in [-0.05, 0) is 24.1 Å². The number of hydrogen-bond acceptors (Lipinski definition) is 4. The molecule has 0 saturated carbocycles. The fourth-order valence-corrected chi connectivity index (χ4v) is 5.26. The van der Waals surface area contributed by atoms with Crippen LogP contribution in [-0.2, 0) is 26.1 Å². The zero-order valence-electron chi connectivity index (χ0n) is 16.7. The van der Waals surface area contributed by atoms with Crippen LogP contribution >= 0.6 is 11.3 Å². The van der Waals surface area contributed by atoms with E-state index in [1.54, 1.807) is 0 Å². The van der Waals surface area contributed by atoms with Crippen molar-refractivity contribution >= 4 is 21.6 Å². The van der Waals surface area contributed by atoms with Gasteiger partial charge >= 0.3 is 0 Å². The van der Waals surface area contributed by atoms with Crippen molar-refractivity contribution in [2.75, 3.05) is 6.54 Å². The molecular weight excluding hydrogens is 442 g/mol. The molecule has 2 aromatic heterocycles. The van der Waals surface area contributed by atoms with Crippen LogP contribution in [0.5, 0.6) is 0 Å². The lowest BCUT2D eigenvalue weighted by Crippen LogP contribution is -2.30. The molecule has 0 fully saturated rings. The Kier molecular flexibility index (Phi) is 5.30. The van der Waals surface area contributed by atoms with Crippen molar-refractivity contribution in [3.8, 4) is 0 Å². The van der Waals surface area contributed by atoms with E-state index in [4.69, 9.17) is 0 Å². The summed E-state index contributed by atoms with van der Waals surface area (Å²) in [6.07, 6.45) is 1.96. The van der Waals surface area contributed by atoms with E-state index >= 15 is 0 Å². The Balaban J connectivity index is 1.43. The minimum atomic E-state index is -0.715. The van der Waals surface area contributed by atoms with Crippen molar-refractivity contribution in [2.45, 2.75) is 26.1 Å². The maximum Gasteiger partial charge on any atom is 0.262 e. The molecule has 1 aliphatic rings. The molecule has 1 aliphatic heterocycles. The van der Waals surface area contributed by atoms with Gasteiger partial charge in [-0.15, -0.1) is 11.3 Å². The number of benzene rings is 2. The van der Waals surface area contributed by atoms with Crippen LogP contribution in [0.4, 0.5) is 17.6 Å². The summed E-state index contributed by atoms with van der Waals surface area (Å²) in [5, 5.41) is 0.516. The molecule has 5 rings (SSSR count). The third kappa shape index (κ3) is 3.82. The standard InChI is InChI=1S/C23H17F4N3OS/c24-15-3-1-13(18(26)7-15)9-29-6-5-17-20(11-29)32-22-21(17)23(31)30(12-28-22)10-14-2-4-16(25)8-19(14)27/h1-4,7-8,12H,5-6,9-11H2. The van der Waals surface area contributed by atoms with Gasteiger partial charge in [-0.25, -0.2) is 22.5 Å². The third-order valence-electron chi connectivity index (χ3n) is 5.67. The molecule has 164 valence electrons. The van der Waals surface area contributed by atoms with Crippen molar-refractivity contribution in [2.24, 2.45) is 0 Å². The first-order chi connectivity index (χ1) is 15.4. The Morgan fingerprint density at radius 2 is 1.59 bits per heavy atom. The van der Waals surface area contributed by atoms with Gasteiger partial charge < -0.3 is 0 Å². The summed E-state index contributed by atoms with van der Waals surface area (Å²) in [5.74, 6) is -2.58. The van der Waals surface area contributed by atoms with Crippen LogP contribution in [0.15, 0.2) is 47.5 Å². The lowest BCUT2D eigenvalue weighted by atomic mass is 10.0. The minimum absolute atomic E-state index is 0.0471. The minimum Gasteiger partial charge on any atom is -0.294 e. The molecule has 0 atom stereocenters. The highest BCUT2D eigenvalue weighted by Gasteiger charge is 2.24. The monoisotopic (exact) mass is 459 g/mol. The van der Waals surface area contributed by atoms with E-state index in [0.717, 1.165) is 28.6 Å². The molecule has 0 bridgehead atoms. The maximum absolute atomic E-state index is 14.0. The van der Waals surface area contributed by atoms with Crippen LogP contribution in [0.3, 0.4) is 0 Å². The highest BCUT2D eigenvalue weighted by molar-refractivity contribution is 7.18. The molecule has 0 N–H and O–H groups in total. The summed E-state index contributed by atoms with van der Waals surface area (Å²) >= 11 is 1.41. The summed E-state index contributed by atoms with van der Waals surface area (Å²) in [6.45, 7) is 1.42. The number of hydrogen-bond donors (Lipinski definition) is 0. The average molecular weight is 459 g/mol. The zero-order chi connectivity index (χ0) is 22.4. The van der Waals surface area contributed by atoms with E-state index in [2.05, 4.69) is 4.98 Å². The van der Waals surface area contributed by atoms with Crippen LogP contribution in [-0.4, -0.2) is 21.0 Å². The summed E-state index contributed by atoms with van der Waals surface area (Å²) in [6, 6.07) is 6.82. The predicted molar refractivity (Wildman–Crippen MR) is 114 cm³/mol. The SMILES string of the molecule is O=c1c2c3c(sc2ncn1Cc1ccc(F)cc1F)CN(Cc1ccc(F)cc1F)CC3. The average Bonchev–Trinajstić information content (AvgIpc) is 3.12. The van der Waals surface area contributed by atoms with E-state index in [1.807, 2.05) is 4.90 Å². The van der Waals surface area contributed by atoms with Gasteiger partial charge in [0.15, 0.2) is 0 Å². The van der Waals surface area contributed by atoms with Gasteiger partial charge in [0.25, 0.3) is 5.56 Å². The van der Waals surface area contributed by atoms with Crippen molar-refractivity contribution < 1.29 is 17.6 Å². The van der Waals surface area contributed by atoms with Gasteiger partial charge in [0.2, 0.25) is 0 Å². The number of aromatic nitrogens is 2. The Morgan fingerprint density at radius 3 is 2.25 bits per heavy atom. The van der Waals surface area contributed by atoms with Gasteiger partial charge in [0, 0.05) is 47.8 Å². The summed E-state index contributed by atoms with van der Waals surface area (Å²) in [7, 11) is 0. The first kappa shape index (κ1) is 20.8. The normalized spacial score (nSPS) is 14.1. The Bertz CT molecular complexity index is 1400. The quantitative estimate of drug-likeness (QED) is 0.418. The lowest BCUT2D eigenvalue weighted by molar-refractivity contribution is 0.245. The topological polar surface area (TPSA) is 38.1 Å². The van der Waals surface area contributed by atoms with Crippen LogP contribution in [0.25, 0.3) is 10.2 Å². The van der Waals surface area contributed by atoms with E-state index in [-0.39, 0.29) is 17.7 Å². The summed E-state index contributed by atoms with van der Waals surface area (Å²) in [4.78, 5) is 21.1. The first-order valence-electron chi connectivity index (χ1n) is 9.99. The summed E-state index contributed by atoms with van der Waals surface area (Å²) < 4.78 is 55.7. The summed E-state index contributed by atoms with van der Waals surface area (Å²) in [5.41, 5.74) is 1.26. The highest BCUT2D eigenvalue weighted by atomic mass is 32.1. The van der Waals surface area contributed by atoms with Crippen LogP contribution in [0.2, 0.25) is 0 Å². The predicted octanol–water partition coefficient (Wildman–Crippen LogP) is 4.62. The maximum atomic E-state index is 14.0. The number of rotatable bonds is 4. The highest BCUT2D eigenvalue weighted by Crippen LogP contribution is 2.33. The largest absolute Gasteiger partial charge is 0.294 e. The molecular formula is C23H17F4N3OS. The molecule has 0 unspecified atom stereocenters. The fraction of sp³-hybridized carbons (Fsp3) is 0.217. The van der Waals surface area contributed by atoms with Crippen molar-refractivity contribution in [3.63, 3.8) is 0 Å². The van der Waals surface area contributed by atoms with Gasteiger partial charge in [-0.3, -0.25) is 14.3 Å². The molecule has 32 heavy (non-hydrogen) atoms. The third-order valence-corrected chi connectivity index (χ3v) is 6.80. The lowest BCUT2D eigenvalue weighted by Gasteiger charge is -2.26. The zero-order valence-corrected chi connectivity index (χ0v) is 17.6. The molecule has 3 heterocycles.